The monoisotopic (exact) mass is 380 g/mol. The summed E-state index contributed by atoms with van der Waals surface area (Å²) in [6, 6.07) is 12.4. The van der Waals surface area contributed by atoms with Gasteiger partial charge in [-0.3, -0.25) is 9.59 Å². The third-order valence-electron chi connectivity index (χ3n) is 4.29. The van der Waals surface area contributed by atoms with Crippen molar-refractivity contribution in [3.8, 4) is 11.5 Å². The van der Waals surface area contributed by atoms with Crippen LogP contribution in [-0.2, 0) is 0 Å². The number of rotatable bonds is 4. The molecule has 144 valence electrons. The predicted octanol–water partition coefficient (Wildman–Crippen LogP) is 2.54. The Kier molecular flexibility index (Phi) is 6.01. The standard InChI is InChI=1S/C20H20N4O4/c25-17-11-5-1-7-13(17)19(27)23-21-15-9-3-4-10-16(15)22-24-20(28)14-8-2-6-12-18(14)26/h1-2,5-8,11-12,25-26H,3-4,9-10H2,(H,23,27)(H,24,28)/b21-15-,22-16+. The van der Waals surface area contributed by atoms with Gasteiger partial charge in [-0.25, -0.2) is 10.9 Å². The number of para-hydroxylation sites is 2. The minimum atomic E-state index is -0.534. The Morgan fingerprint density at radius 2 is 1.11 bits per heavy atom. The van der Waals surface area contributed by atoms with E-state index in [0.29, 0.717) is 24.3 Å². The van der Waals surface area contributed by atoms with Gasteiger partial charge in [0.1, 0.15) is 11.5 Å². The number of benzene rings is 2. The fourth-order valence-corrected chi connectivity index (χ4v) is 2.80. The minimum absolute atomic E-state index is 0.119. The van der Waals surface area contributed by atoms with Gasteiger partial charge in [0, 0.05) is 0 Å². The zero-order valence-electron chi connectivity index (χ0n) is 15.1. The number of phenols is 2. The summed E-state index contributed by atoms with van der Waals surface area (Å²) in [5.41, 5.74) is 6.21. The number of nitrogens with zero attached hydrogens (tertiary/aromatic N) is 2. The lowest BCUT2D eigenvalue weighted by Crippen LogP contribution is -2.28. The summed E-state index contributed by atoms with van der Waals surface area (Å²) in [4.78, 5) is 24.4. The van der Waals surface area contributed by atoms with Crippen LogP contribution in [0, 0.1) is 0 Å². The van der Waals surface area contributed by atoms with E-state index in [1.54, 1.807) is 24.3 Å². The van der Waals surface area contributed by atoms with Gasteiger partial charge in [0.15, 0.2) is 0 Å². The van der Waals surface area contributed by atoms with Gasteiger partial charge in [-0.2, -0.15) is 10.2 Å². The highest BCUT2D eigenvalue weighted by Crippen LogP contribution is 2.17. The highest BCUT2D eigenvalue weighted by Gasteiger charge is 2.18. The number of hydrogen-bond acceptors (Lipinski definition) is 6. The van der Waals surface area contributed by atoms with E-state index in [2.05, 4.69) is 21.1 Å². The van der Waals surface area contributed by atoms with E-state index in [4.69, 9.17) is 0 Å². The zero-order valence-corrected chi connectivity index (χ0v) is 15.1. The van der Waals surface area contributed by atoms with Gasteiger partial charge in [0.25, 0.3) is 11.8 Å². The average Bonchev–Trinajstić information content (AvgIpc) is 2.71. The van der Waals surface area contributed by atoms with Crippen molar-refractivity contribution in [2.75, 3.05) is 0 Å². The molecule has 1 saturated carbocycles. The Labute approximate surface area is 161 Å². The van der Waals surface area contributed by atoms with Crippen LogP contribution in [0.15, 0.2) is 58.7 Å². The molecule has 0 unspecified atom stereocenters. The summed E-state index contributed by atoms with van der Waals surface area (Å²) in [5.74, 6) is -1.33. The molecule has 0 heterocycles. The minimum Gasteiger partial charge on any atom is -0.507 e. The van der Waals surface area contributed by atoms with E-state index in [-0.39, 0.29) is 22.6 Å². The van der Waals surface area contributed by atoms with E-state index in [1.807, 2.05) is 0 Å². The van der Waals surface area contributed by atoms with Crippen LogP contribution in [0.4, 0.5) is 0 Å². The van der Waals surface area contributed by atoms with Crippen LogP contribution in [0.3, 0.4) is 0 Å². The molecule has 4 N–H and O–H groups in total. The summed E-state index contributed by atoms with van der Waals surface area (Å²) < 4.78 is 0. The topological polar surface area (TPSA) is 123 Å². The SMILES string of the molecule is O=C(N/N=C1/CCCC/C1=N\NC(=O)c1ccccc1O)c1ccccc1O. The second-order valence-corrected chi connectivity index (χ2v) is 6.24. The molecule has 8 heteroatoms. The quantitative estimate of drug-likeness (QED) is 0.609. The molecule has 1 aliphatic rings. The molecule has 0 saturated heterocycles. The predicted molar refractivity (Wildman–Crippen MR) is 104 cm³/mol. The summed E-state index contributed by atoms with van der Waals surface area (Å²) in [6.45, 7) is 0. The molecule has 0 bridgehead atoms. The lowest BCUT2D eigenvalue weighted by atomic mass is 9.96. The van der Waals surface area contributed by atoms with Crippen molar-refractivity contribution in [2.45, 2.75) is 25.7 Å². The first-order valence-electron chi connectivity index (χ1n) is 8.86. The Hall–Kier alpha value is -3.68. The van der Waals surface area contributed by atoms with Crippen LogP contribution < -0.4 is 10.9 Å². The lowest BCUT2D eigenvalue weighted by molar-refractivity contribution is 0.0943. The van der Waals surface area contributed by atoms with Gasteiger partial charge in [0.2, 0.25) is 0 Å². The number of carbonyl (C=O) groups is 2. The number of hydrazone groups is 2. The van der Waals surface area contributed by atoms with Gasteiger partial charge < -0.3 is 10.2 Å². The fraction of sp³-hybridized carbons (Fsp3) is 0.200. The third kappa shape index (κ3) is 4.53. The molecular weight excluding hydrogens is 360 g/mol. The Balaban J connectivity index is 1.71. The number of aromatic hydroxyl groups is 2. The summed E-state index contributed by atoms with van der Waals surface area (Å²) in [6.07, 6.45) is 2.98. The van der Waals surface area contributed by atoms with E-state index < -0.39 is 11.8 Å². The van der Waals surface area contributed by atoms with Crippen LogP contribution in [0.1, 0.15) is 46.4 Å². The van der Waals surface area contributed by atoms with Gasteiger partial charge in [-0.05, 0) is 49.9 Å². The van der Waals surface area contributed by atoms with Crippen LogP contribution in [0.2, 0.25) is 0 Å². The number of nitrogens with one attached hydrogen (secondary N) is 2. The molecule has 0 atom stereocenters. The summed E-state index contributed by atoms with van der Waals surface area (Å²) in [5, 5.41) is 27.7. The van der Waals surface area contributed by atoms with Crippen molar-refractivity contribution in [1.29, 1.82) is 0 Å². The molecule has 2 aromatic carbocycles. The number of carbonyl (C=O) groups excluding carboxylic acids is 2. The van der Waals surface area contributed by atoms with Crippen molar-refractivity contribution in [3.63, 3.8) is 0 Å². The maximum absolute atomic E-state index is 12.2. The fourth-order valence-electron chi connectivity index (χ4n) is 2.80. The van der Waals surface area contributed by atoms with Crippen molar-refractivity contribution in [3.05, 3.63) is 59.7 Å². The molecule has 1 aliphatic carbocycles. The smallest absolute Gasteiger partial charge is 0.275 e. The number of hydrogen-bond donors (Lipinski definition) is 4. The molecule has 3 rings (SSSR count). The summed E-state index contributed by atoms with van der Waals surface area (Å²) >= 11 is 0. The van der Waals surface area contributed by atoms with Gasteiger partial charge in [-0.15, -0.1) is 0 Å². The van der Waals surface area contributed by atoms with Crippen LogP contribution in [0.5, 0.6) is 11.5 Å². The molecule has 0 radical (unpaired) electrons. The maximum Gasteiger partial charge on any atom is 0.275 e. The molecule has 2 amide bonds. The first kappa shape index (κ1) is 19.1. The van der Waals surface area contributed by atoms with Crippen molar-refractivity contribution in [1.82, 2.24) is 10.9 Å². The van der Waals surface area contributed by atoms with Crippen LogP contribution in [0.25, 0.3) is 0 Å². The third-order valence-corrected chi connectivity index (χ3v) is 4.29. The molecule has 8 nitrogen and oxygen atoms in total. The van der Waals surface area contributed by atoms with Crippen molar-refractivity contribution < 1.29 is 19.8 Å². The van der Waals surface area contributed by atoms with E-state index in [1.165, 1.54) is 24.3 Å². The molecule has 2 aromatic rings. The normalized spacial score (nSPS) is 16.7. The van der Waals surface area contributed by atoms with Crippen molar-refractivity contribution in [2.24, 2.45) is 10.2 Å². The van der Waals surface area contributed by atoms with E-state index in [9.17, 15) is 19.8 Å². The highest BCUT2D eigenvalue weighted by atomic mass is 16.3. The zero-order chi connectivity index (χ0) is 19.9. The maximum atomic E-state index is 12.2. The van der Waals surface area contributed by atoms with Gasteiger partial charge in [-0.1, -0.05) is 24.3 Å². The molecule has 28 heavy (non-hydrogen) atoms. The number of phenolic OH excluding ortho intramolecular Hbond substituents is 2. The first-order valence-corrected chi connectivity index (χ1v) is 8.86. The van der Waals surface area contributed by atoms with Gasteiger partial charge in [0.05, 0.1) is 22.6 Å². The molecule has 0 aliphatic heterocycles. The highest BCUT2D eigenvalue weighted by molar-refractivity contribution is 6.43. The molecular formula is C20H20N4O4. The first-order chi connectivity index (χ1) is 13.6. The molecule has 1 fully saturated rings. The van der Waals surface area contributed by atoms with Crippen LogP contribution in [-0.4, -0.2) is 33.5 Å². The second-order valence-electron chi connectivity index (χ2n) is 6.24. The Morgan fingerprint density at radius 3 is 1.50 bits per heavy atom. The second kappa shape index (κ2) is 8.81. The molecule has 0 aromatic heterocycles. The van der Waals surface area contributed by atoms with E-state index in [0.717, 1.165) is 12.8 Å². The van der Waals surface area contributed by atoms with Crippen molar-refractivity contribution >= 4 is 23.2 Å². The Bertz CT molecular complexity index is 875. The Morgan fingerprint density at radius 1 is 0.714 bits per heavy atom. The molecule has 0 spiro atoms. The van der Waals surface area contributed by atoms with E-state index >= 15 is 0 Å². The number of amides is 2. The largest absolute Gasteiger partial charge is 0.507 e. The average molecular weight is 380 g/mol. The lowest BCUT2D eigenvalue weighted by Gasteiger charge is -2.15. The van der Waals surface area contributed by atoms with Crippen LogP contribution >= 0.6 is 0 Å². The van der Waals surface area contributed by atoms with Gasteiger partial charge >= 0.3 is 0 Å². The summed E-state index contributed by atoms with van der Waals surface area (Å²) in [7, 11) is 0.